The molecule has 0 atom stereocenters. The average molecular weight is 236 g/mol. The number of esters is 1. The minimum Gasteiger partial charge on any atom is -0.480 e. The van der Waals surface area contributed by atoms with Gasteiger partial charge in [0.25, 0.3) is 0 Å². The van der Waals surface area contributed by atoms with Gasteiger partial charge in [0.2, 0.25) is 0 Å². The molecule has 0 aromatic carbocycles. The average Bonchev–Trinajstić information content (AvgIpc) is 2.19. The maximum absolute atomic E-state index is 10.6. The third-order valence-electron chi connectivity index (χ3n) is 1.29. The number of methoxy groups -OCH3 is 2. The molecule has 96 valence electrons. The Labute approximate surface area is 95.5 Å². The highest BCUT2D eigenvalue weighted by molar-refractivity contribution is 5.70. The Morgan fingerprint density at radius 2 is 1.69 bits per heavy atom. The molecule has 0 saturated carbocycles. The smallest absolute Gasteiger partial charge is 0.332 e. The van der Waals surface area contributed by atoms with E-state index >= 15 is 0 Å². The summed E-state index contributed by atoms with van der Waals surface area (Å²) >= 11 is 0. The number of hydrogen-bond donors (Lipinski definition) is 1. The SMILES string of the molecule is CCCCOC(=O)COC.COCC(=O)O. The summed E-state index contributed by atoms with van der Waals surface area (Å²) in [5.74, 6) is -1.21. The van der Waals surface area contributed by atoms with Crippen molar-refractivity contribution in [2.45, 2.75) is 19.8 Å². The third kappa shape index (κ3) is 18.6. The van der Waals surface area contributed by atoms with E-state index in [1.165, 1.54) is 14.2 Å². The molecule has 0 saturated heterocycles. The fourth-order valence-corrected chi connectivity index (χ4v) is 0.613. The molecule has 1 N–H and O–H groups in total. The van der Waals surface area contributed by atoms with Crippen molar-refractivity contribution in [1.82, 2.24) is 0 Å². The van der Waals surface area contributed by atoms with Crippen molar-refractivity contribution >= 4 is 11.9 Å². The Bertz CT molecular complexity index is 180. The molecule has 0 aromatic rings. The number of unbranched alkanes of at least 4 members (excludes halogenated alkanes) is 1. The molecule has 0 aromatic heterocycles. The van der Waals surface area contributed by atoms with Gasteiger partial charge in [-0.25, -0.2) is 9.59 Å². The van der Waals surface area contributed by atoms with Crippen LogP contribution in [0.25, 0.3) is 0 Å². The van der Waals surface area contributed by atoms with Crippen molar-refractivity contribution in [2.24, 2.45) is 0 Å². The van der Waals surface area contributed by atoms with Crippen LogP contribution < -0.4 is 0 Å². The van der Waals surface area contributed by atoms with E-state index in [9.17, 15) is 9.59 Å². The van der Waals surface area contributed by atoms with E-state index in [0.29, 0.717) is 6.61 Å². The number of carboxylic acid groups (broad SMARTS) is 1. The Morgan fingerprint density at radius 3 is 2.00 bits per heavy atom. The molecule has 0 fully saturated rings. The van der Waals surface area contributed by atoms with Crippen LogP contribution >= 0.6 is 0 Å². The summed E-state index contributed by atoms with van der Waals surface area (Å²) in [5, 5.41) is 7.79. The molecule has 6 nitrogen and oxygen atoms in total. The first-order valence-electron chi connectivity index (χ1n) is 4.93. The molecule has 0 heterocycles. The van der Waals surface area contributed by atoms with E-state index in [0.717, 1.165) is 12.8 Å². The molecule has 16 heavy (non-hydrogen) atoms. The molecular weight excluding hydrogens is 216 g/mol. The largest absolute Gasteiger partial charge is 0.480 e. The molecule has 0 amide bonds. The molecule has 6 heteroatoms. The standard InChI is InChI=1S/C7H14O3.C3H6O3/c1-3-4-5-10-7(8)6-9-2;1-6-2-3(4)5/h3-6H2,1-2H3;2H2,1H3,(H,4,5). The quantitative estimate of drug-likeness (QED) is 0.517. The summed E-state index contributed by atoms with van der Waals surface area (Å²) in [5.41, 5.74) is 0. The summed E-state index contributed by atoms with van der Waals surface area (Å²) in [6, 6.07) is 0. The van der Waals surface area contributed by atoms with Crippen molar-refractivity contribution in [2.75, 3.05) is 34.0 Å². The number of aliphatic carboxylic acids is 1. The fraction of sp³-hybridized carbons (Fsp3) is 0.800. The predicted molar refractivity (Wildman–Crippen MR) is 57.3 cm³/mol. The Hall–Kier alpha value is -1.14. The van der Waals surface area contributed by atoms with E-state index in [2.05, 4.69) is 9.47 Å². The monoisotopic (exact) mass is 236 g/mol. The predicted octanol–water partition coefficient (Wildman–Crippen LogP) is 0.694. The van der Waals surface area contributed by atoms with Gasteiger partial charge in [0, 0.05) is 14.2 Å². The highest BCUT2D eigenvalue weighted by Gasteiger charge is 1.98. The summed E-state index contributed by atoms with van der Waals surface area (Å²) in [6.45, 7) is 2.41. The van der Waals surface area contributed by atoms with Crippen LogP contribution in [-0.2, 0) is 23.8 Å². The van der Waals surface area contributed by atoms with Crippen molar-refractivity contribution < 1.29 is 28.9 Å². The number of rotatable bonds is 7. The summed E-state index contributed by atoms with van der Waals surface area (Å²) in [7, 11) is 2.81. The molecule has 0 aliphatic carbocycles. The van der Waals surface area contributed by atoms with E-state index in [1.54, 1.807) is 0 Å². The first-order valence-corrected chi connectivity index (χ1v) is 4.93. The topological polar surface area (TPSA) is 82.1 Å². The van der Waals surface area contributed by atoms with Gasteiger partial charge in [-0.1, -0.05) is 13.3 Å². The summed E-state index contributed by atoms with van der Waals surface area (Å²) in [4.78, 5) is 20.0. The Morgan fingerprint density at radius 1 is 1.12 bits per heavy atom. The lowest BCUT2D eigenvalue weighted by molar-refractivity contribution is -0.148. The van der Waals surface area contributed by atoms with Crippen LogP contribution in [0, 0.1) is 0 Å². The molecule has 0 aliphatic rings. The van der Waals surface area contributed by atoms with Gasteiger partial charge in [-0.05, 0) is 6.42 Å². The first-order chi connectivity index (χ1) is 7.58. The zero-order valence-corrected chi connectivity index (χ0v) is 10.0. The van der Waals surface area contributed by atoms with E-state index < -0.39 is 5.97 Å². The van der Waals surface area contributed by atoms with Crippen LogP contribution in [0.4, 0.5) is 0 Å². The van der Waals surface area contributed by atoms with Gasteiger partial charge < -0.3 is 19.3 Å². The lowest BCUT2D eigenvalue weighted by Crippen LogP contribution is -2.11. The molecular formula is C10H20O6. The van der Waals surface area contributed by atoms with E-state index in [4.69, 9.17) is 9.84 Å². The minimum absolute atomic E-state index is 0.0592. The van der Waals surface area contributed by atoms with Gasteiger partial charge in [-0.2, -0.15) is 0 Å². The first kappa shape index (κ1) is 17.3. The fourth-order valence-electron chi connectivity index (χ4n) is 0.613. The number of ether oxygens (including phenoxy) is 3. The van der Waals surface area contributed by atoms with Crippen LogP contribution in [0.15, 0.2) is 0 Å². The van der Waals surface area contributed by atoms with Gasteiger partial charge in [0.05, 0.1) is 6.61 Å². The zero-order chi connectivity index (χ0) is 12.8. The van der Waals surface area contributed by atoms with Crippen molar-refractivity contribution in [3.63, 3.8) is 0 Å². The van der Waals surface area contributed by atoms with Gasteiger partial charge >= 0.3 is 11.9 Å². The molecule has 0 aliphatic heterocycles. The van der Waals surface area contributed by atoms with Crippen LogP contribution in [0.1, 0.15) is 19.8 Å². The van der Waals surface area contributed by atoms with Crippen LogP contribution in [0.2, 0.25) is 0 Å². The maximum atomic E-state index is 10.6. The van der Waals surface area contributed by atoms with Crippen LogP contribution in [-0.4, -0.2) is 51.1 Å². The minimum atomic E-state index is -0.933. The lowest BCUT2D eigenvalue weighted by atomic mass is 10.4. The molecule has 0 bridgehead atoms. The van der Waals surface area contributed by atoms with Crippen LogP contribution in [0.3, 0.4) is 0 Å². The van der Waals surface area contributed by atoms with Gasteiger partial charge in [-0.15, -0.1) is 0 Å². The normalized spacial score (nSPS) is 8.94. The molecule has 0 radical (unpaired) electrons. The third-order valence-corrected chi connectivity index (χ3v) is 1.29. The second-order valence-electron chi connectivity index (χ2n) is 2.83. The summed E-state index contributed by atoms with van der Waals surface area (Å²) in [6.07, 6.45) is 1.97. The van der Waals surface area contributed by atoms with Crippen molar-refractivity contribution in [3.8, 4) is 0 Å². The van der Waals surface area contributed by atoms with Gasteiger partial charge in [0.15, 0.2) is 0 Å². The number of carbonyl (C=O) groups is 2. The zero-order valence-electron chi connectivity index (χ0n) is 10.0. The molecule has 0 unspecified atom stereocenters. The van der Waals surface area contributed by atoms with Crippen molar-refractivity contribution in [1.29, 1.82) is 0 Å². The maximum Gasteiger partial charge on any atom is 0.332 e. The number of carbonyl (C=O) groups excluding carboxylic acids is 1. The van der Waals surface area contributed by atoms with E-state index in [1.807, 2.05) is 6.92 Å². The second-order valence-corrected chi connectivity index (χ2v) is 2.83. The number of carboxylic acids is 1. The van der Waals surface area contributed by atoms with E-state index in [-0.39, 0.29) is 19.2 Å². The van der Waals surface area contributed by atoms with Crippen LogP contribution in [0.5, 0.6) is 0 Å². The Kier molecular flexibility index (Phi) is 15.0. The second kappa shape index (κ2) is 13.9. The van der Waals surface area contributed by atoms with Gasteiger partial charge in [0.1, 0.15) is 13.2 Å². The Balaban J connectivity index is 0. The van der Waals surface area contributed by atoms with Crippen molar-refractivity contribution in [3.05, 3.63) is 0 Å². The molecule has 0 rings (SSSR count). The van der Waals surface area contributed by atoms with Gasteiger partial charge in [-0.3, -0.25) is 0 Å². The highest BCUT2D eigenvalue weighted by atomic mass is 16.6. The lowest BCUT2D eigenvalue weighted by Gasteiger charge is -2.01. The highest BCUT2D eigenvalue weighted by Crippen LogP contribution is 1.88. The molecule has 0 spiro atoms. The summed E-state index contributed by atoms with van der Waals surface area (Å²) < 4.78 is 13.5. The number of hydrogen-bond acceptors (Lipinski definition) is 5.